The molecule has 1 atom stereocenters. The third-order valence-corrected chi connectivity index (χ3v) is 5.25. The summed E-state index contributed by atoms with van der Waals surface area (Å²) >= 11 is 0. The number of hydrogen-bond donors (Lipinski definition) is 1. The van der Waals surface area contributed by atoms with Gasteiger partial charge in [-0.1, -0.05) is 5.16 Å². The summed E-state index contributed by atoms with van der Waals surface area (Å²) in [5.41, 5.74) is 2.19. The van der Waals surface area contributed by atoms with Crippen LogP contribution in [0.3, 0.4) is 0 Å². The molecule has 0 aromatic carbocycles. The zero-order chi connectivity index (χ0) is 17.9. The summed E-state index contributed by atoms with van der Waals surface area (Å²) < 4.78 is 7.31. The van der Waals surface area contributed by atoms with Crippen molar-refractivity contribution >= 4 is 5.91 Å². The van der Waals surface area contributed by atoms with Crippen molar-refractivity contribution in [3.8, 4) is 0 Å². The molecule has 0 spiro atoms. The molecular formula is C19H27N5O2. The van der Waals surface area contributed by atoms with E-state index in [4.69, 9.17) is 4.52 Å². The van der Waals surface area contributed by atoms with E-state index in [0.29, 0.717) is 18.3 Å². The SMILES string of the molecule is Cc1cc(CN2Cc3ccnn3C[C@@H](CCNC(=O)CC3CC3)C2)no1. The molecule has 7 nitrogen and oxygen atoms in total. The predicted molar refractivity (Wildman–Crippen MR) is 96.0 cm³/mol. The molecule has 4 rings (SSSR count). The summed E-state index contributed by atoms with van der Waals surface area (Å²) in [7, 11) is 0. The van der Waals surface area contributed by atoms with Crippen LogP contribution in [0.5, 0.6) is 0 Å². The minimum absolute atomic E-state index is 0.204. The Labute approximate surface area is 153 Å². The highest BCUT2D eigenvalue weighted by molar-refractivity contribution is 5.76. The van der Waals surface area contributed by atoms with Gasteiger partial charge in [0.25, 0.3) is 0 Å². The summed E-state index contributed by atoms with van der Waals surface area (Å²) in [6.45, 7) is 6.15. The lowest BCUT2D eigenvalue weighted by atomic mass is 10.0. The van der Waals surface area contributed by atoms with Crippen molar-refractivity contribution in [2.75, 3.05) is 13.1 Å². The Morgan fingerprint density at radius 3 is 3.00 bits per heavy atom. The van der Waals surface area contributed by atoms with E-state index in [1.54, 1.807) is 0 Å². The first-order valence-corrected chi connectivity index (χ1v) is 9.57. The average Bonchev–Trinajstić information content (AvgIpc) is 3.21. The van der Waals surface area contributed by atoms with E-state index >= 15 is 0 Å². The second-order valence-corrected chi connectivity index (χ2v) is 7.76. The van der Waals surface area contributed by atoms with Crippen molar-refractivity contribution in [2.45, 2.75) is 52.2 Å². The van der Waals surface area contributed by atoms with E-state index in [-0.39, 0.29) is 5.91 Å². The number of carbonyl (C=O) groups excluding carboxylic acids is 1. The van der Waals surface area contributed by atoms with Crippen LogP contribution < -0.4 is 5.32 Å². The maximum Gasteiger partial charge on any atom is 0.220 e. The molecule has 2 aromatic heterocycles. The Hall–Kier alpha value is -2.15. The number of aryl methyl sites for hydroxylation is 1. The summed E-state index contributed by atoms with van der Waals surface area (Å²) in [6.07, 6.45) is 5.96. The summed E-state index contributed by atoms with van der Waals surface area (Å²) in [6, 6.07) is 4.08. The van der Waals surface area contributed by atoms with Crippen LogP contribution in [0.4, 0.5) is 0 Å². The molecule has 26 heavy (non-hydrogen) atoms. The van der Waals surface area contributed by atoms with E-state index in [9.17, 15) is 4.79 Å². The molecule has 0 radical (unpaired) electrons. The molecular weight excluding hydrogens is 330 g/mol. The smallest absolute Gasteiger partial charge is 0.220 e. The Balaban J connectivity index is 1.35. The zero-order valence-corrected chi connectivity index (χ0v) is 15.4. The molecule has 140 valence electrons. The zero-order valence-electron chi connectivity index (χ0n) is 15.4. The number of fused-ring (bicyclic) bond motifs is 1. The van der Waals surface area contributed by atoms with Gasteiger partial charge in [0.05, 0.1) is 11.4 Å². The Morgan fingerprint density at radius 1 is 1.35 bits per heavy atom. The van der Waals surface area contributed by atoms with Crippen molar-refractivity contribution in [1.29, 1.82) is 0 Å². The molecule has 1 amide bonds. The lowest BCUT2D eigenvalue weighted by Gasteiger charge is -2.23. The first kappa shape index (κ1) is 17.3. The lowest BCUT2D eigenvalue weighted by Crippen LogP contribution is -2.31. The van der Waals surface area contributed by atoms with Gasteiger partial charge < -0.3 is 9.84 Å². The van der Waals surface area contributed by atoms with E-state index in [2.05, 4.69) is 31.2 Å². The standard InChI is InChI=1S/C19H27N5O2/c1-14-8-17(22-26-14)12-23-10-16(11-24-18(13-23)5-7-21-24)4-6-20-19(25)9-15-2-3-15/h5,7-8,15-16H,2-4,6,9-13H2,1H3,(H,20,25)/t16-/m0/s1. The van der Waals surface area contributed by atoms with Crippen LogP contribution in [0, 0.1) is 18.8 Å². The number of aromatic nitrogens is 3. The molecule has 1 saturated carbocycles. The molecule has 1 aliphatic carbocycles. The van der Waals surface area contributed by atoms with Gasteiger partial charge >= 0.3 is 0 Å². The molecule has 1 aliphatic heterocycles. The van der Waals surface area contributed by atoms with Gasteiger partial charge in [0, 0.05) is 51.4 Å². The summed E-state index contributed by atoms with van der Waals surface area (Å²) in [5.74, 6) is 2.14. The van der Waals surface area contributed by atoms with E-state index < -0.39 is 0 Å². The van der Waals surface area contributed by atoms with Crippen molar-refractivity contribution in [3.05, 3.63) is 35.5 Å². The van der Waals surface area contributed by atoms with Gasteiger partial charge in [-0.15, -0.1) is 0 Å². The van der Waals surface area contributed by atoms with Crippen molar-refractivity contribution in [2.24, 2.45) is 11.8 Å². The minimum Gasteiger partial charge on any atom is -0.361 e. The lowest BCUT2D eigenvalue weighted by molar-refractivity contribution is -0.121. The van der Waals surface area contributed by atoms with Crippen molar-refractivity contribution in [3.63, 3.8) is 0 Å². The van der Waals surface area contributed by atoms with Crippen LogP contribution in [-0.4, -0.2) is 38.8 Å². The number of rotatable bonds is 7. The molecule has 2 aromatic rings. The Morgan fingerprint density at radius 2 is 2.23 bits per heavy atom. The van der Waals surface area contributed by atoms with Gasteiger partial charge in [0.1, 0.15) is 5.76 Å². The summed E-state index contributed by atoms with van der Waals surface area (Å²) in [5, 5.41) is 11.7. The fourth-order valence-corrected chi connectivity index (χ4v) is 3.72. The molecule has 2 aliphatic rings. The molecule has 1 N–H and O–H groups in total. The number of hydrogen-bond acceptors (Lipinski definition) is 5. The third kappa shape index (κ3) is 4.52. The molecule has 0 saturated heterocycles. The van der Waals surface area contributed by atoms with E-state index in [0.717, 1.165) is 50.6 Å². The number of carbonyl (C=O) groups is 1. The van der Waals surface area contributed by atoms with Gasteiger partial charge in [-0.05, 0) is 44.1 Å². The van der Waals surface area contributed by atoms with Crippen LogP contribution in [-0.2, 0) is 24.4 Å². The highest BCUT2D eigenvalue weighted by Gasteiger charge is 2.25. The third-order valence-electron chi connectivity index (χ3n) is 5.25. The monoisotopic (exact) mass is 357 g/mol. The number of nitrogens with one attached hydrogen (secondary N) is 1. The van der Waals surface area contributed by atoms with Gasteiger partial charge in [-0.2, -0.15) is 5.10 Å². The second-order valence-electron chi connectivity index (χ2n) is 7.76. The van der Waals surface area contributed by atoms with E-state index in [1.807, 2.05) is 19.2 Å². The number of amides is 1. The van der Waals surface area contributed by atoms with Crippen molar-refractivity contribution < 1.29 is 9.32 Å². The van der Waals surface area contributed by atoms with Crippen LogP contribution in [0.15, 0.2) is 22.9 Å². The van der Waals surface area contributed by atoms with Crippen LogP contribution in [0.2, 0.25) is 0 Å². The average molecular weight is 357 g/mol. The topological polar surface area (TPSA) is 76.2 Å². The largest absolute Gasteiger partial charge is 0.361 e. The fourth-order valence-electron chi connectivity index (χ4n) is 3.72. The fraction of sp³-hybridized carbons (Fsp3) is 0.632. The Kier molecular flexibility index (Phi) is 5.06. The summed E-state index contributed by atoms with van der Waals surface area (Å²) in [4.78, 5) is 14.3. The first-order valence-electron chi connectivity index (χ1n) is 9.57. The highest BCUT2D eigenvalue weighted by atomic mass is 16.5. The van der Waals surface area contributed by atoms with Gasteiger partial charge in [-0.3, -0.25) is 14.4 Å². The molecule has 7 heteroatoms. The second kappa shape index (κ2) is 7.61. The van der Waals surface area contributed by atoms with Crippen LogP contribution in [0.1, 0.15) is 42.8 Å². The molecule has 0 bridgehead atoms. The number of nitrogens with zero attached hydrogens (tertiary/aromatic N) is 4. The molecule has 3 heterocycles. The molecule has 0 unspecified atom stereocenters. The maximum atomic E-state index is 11.9. The predicted octanol–water partition coefficient (Wildman–Crippen LogP) is 2.12. The van der Waals surface area contributed by atoms with Gasteiger partial charge in [-0.25, -0.2) is 0 Å². The first-order chi connectivity index (χ1) is 12.7. The Bertz CT molecular complexity index is 749. The maximum absolute atomic E-state index is 11.9. The highest BCUT2D eigenvalue weighted by Crippen LogP contribution is 2.32. The normalized spacial score (nSPS) is 20.6. The van der Waals surface area contributed by atoms with Crippen LogP contribution in [0.25, 0.3) is 0 Å². The van der Waals surface area contributed by atoms with Gasteiger partial charge in [0.15, 0.2) is 0 Å². The van der Waals surface area contributed by atoms with Gasteiger partial charge in [0.2, 0.25) is 5.91 Å². The quantitative estimate of drug-likeness (QED) is 0.821. The van der Waals surface area contributed by atoms with Crippen LogP contribution >= 0.6 is 0 Å². The molecule has 1 fully saturated rings. The minimum atomic E-state index is 0.204. The van der Waals surface area contributed by atoms with Crippen molar-refractivity contribution in [1.82, 2.24) is 25.2 Å². The van der Waals surface area contributed by atoms with E-state index in [1.165, 1.54) is 18.5 Å².